The van der Waals surface area contributed by atoms with Gasteiger partial charge in [0.1, 0.15) is 5.15 Å². The van der Waals surface area contributed by atoms with E-state index in [0.717, 1.165) is 31.4 Å². The molecule has 0 aliphatic heterocycles. The van der Waals surface area contributed by atoms with Crippen molar-refractivity contribution in [2.45, 2.75) is 52.5 Å². The molecule has 0 unspecified atom stereocenters. The third kappa shape index (κ3) is 4.30. The fourth-order valence-electron chi connectivity index (χ4n) is 1.83. The SMILES string of the molecule is CCCc1cc(C(=O)NC(CC)CC)cc(Cl)n1. The standard InChI is InChI=1S/C14H21ClN2O/c1-4-7-12-8-10(9-13(15)16-12)14(18)17-11(5-2)6-3/h8-9,11H,4-7H2,1-3H3,(H,17,18). The van der Waals surface area contributed by atoms with Crippen LogP contribution in [0.25, 0.3) is 0 Å². The Kier molecular flexibility index (Phi) is 6.13. The summed E-state index contributed by atoms with van der Waals surface area (Å²) in [4.78, 5) is 16.3. The molecule has 1 heterocycles. The largest absolute Gasteiger partial charge is 0.349 e. The molecule has 0 radical (unpaired) electrons. The first-order valence-electron chi connectivity index (χ1n) is 6.58. The summed E-state index contributed by atoms with van der Waals surface area (Å²) in [6.45, 7) is 6.21. The number of hydrogen-bond acceptors (Lipinski definition) is 2. The summed E-state index contributed by atoms with van der Waals surface area (Å²) < 4.78 is 0. The fraction of sp³-hybridized carbons (Fsp3) is 0.571. The Balaban J connectivity index is 2.84. The maximum atomic E-state index is 12.1. The number of aromatic nitrogens is 1. The van der Waals surface area contributed by atoms with Crippen molar-refractivity contribution >= 4 is 17.5 Å². The minimum absolute atomic E-state index is 0.0645. The molecule has 3 nitrogen and oxygen atoms in total. The lowest BCUT2D eigenvalue weighted by Gasteiger charge is -2.15. The molecule has 0 aliphatic rings. The molecule has 0 saturated heterocycles. The minimum atomic E-state index is -0.0645. The Bertz CT molecular complexity index is 403. The normalized spacial score (nSPS) is 10.7. The Morgan fingerprint density at radius 2 is 2.00 bits per heavy atom. The van der Waals surface area contributed by atoms with Gasteiger partial charge in [0.15, 0.2) is 0 Å². The molecular weight excluding hydrogens is 248 g/mol. The highest BCUT2D eigenvalue weighted by atomic mass is 35.5. The van der Waals surface area contributed by atoms with Gasteiger partial charge >= 0.3 is 0 Å². The number of hydrogen-bond donors (Lipinski definition) is 1. The van der Waals surface area contributed by atoms with Gasteiger partial charge in [-0.15, -0.1) is 0 Å². The quantitative estimate of drug-likeness (QED) is 0.801. The van der Waals surface area contributed by atoms with Gasteiger partial charge < -0.3 is 5.32 Å². The van der Waals surface area contributed by atoms with E-state index in [2.05, 4.69) is 31.1 Å². The average Bonchev–Trinajstić information content (AvgIpc) is 2.35. The maximum Gasteiger partial charge on any atom is 0.251 e. The summed E-state index contributed by atoms with van der Waals surface area (Å²) in [5, 5.41) is 3.39. The molecule has 4 heteroatoms. The van der Waals surface area contributed by atoms with Crippen LogP contribution < -0.4 is 5.32 Å². The van der Waals surface area contributed by atoms with Gasteiger partial charge in [0.05, 0.1) is 0 Å². The predicted molar refractivity (Wildman–Crippen MR) is 75.1 cm³/mol. The van der Waals surface area contributed by atoms with Crippen LogP contribution in [0, 0.1) is 0 Å². The lowest BCUT2D eigenvalue weighted by molar-refractivity contribution is 0.0934. The average molecular weight is 269 g/mol. The van der Waals surface area contributed by atoms with Crippen molar-refractivity contribution in [3.63, 3.8) is 0 Å². The van der Waals surface area contributed by atoms with Gasteiger partial charge in [0.25, 0.3) is 5.91 Å². The molecule has 0 aliphatic carbocycles. The zero-order chi connectivity index (χ0) is 13.5. The number of amides is 1. The summed E-state index contributed by atoms with van der Waals surface area (Å²) >= 11 is 5.94. The topological polar surface area (TPSA) is 42.0 Å². The van der Waals surface area contributed by atoms with Gasteiger partial charge in [0, 0.05) is 17.3 Å². The fourth-order valence-corrected chi connectivity index (χ4v) is 2.05. The molecule has 1 aromatic rings. The number of aryl methyl sites for hydroxylation is 1. The lowest BCUT2D eigenvalue weighted by Crippen LogP contribution is -2.33. The van der Waals surface area contributed by atoms with Crippen LogP contribution in [0.3, 0.4) is 0 Å². The second kappa shape index (κ2) is 7.37. The van der Waals surface area contributed by atoms with E-state index in [1.54, 1.807) is 6.07 Å². The highest BCUT2D eigenvalue weighted by molar-refractivity contribution is 6.29. The summed E-state index contributed by atoms with van der Waals surface area (Å²) in [5.41, 5.74) is 1.48. The number of rotatable bonds is 6. The van der Waals surface area contributed by atoms with Crippen LogP contribution in [0.1, 0.15) is 56.1 Å². The third-order valence-electron chi connectivity index (χ3n) is 2.94. The van der Waals surface area contributed by atoms with Crippen LogP contribution in [0.2, 0.25) is 5.15 Å². The number of pyridine rings is 1. The molecule has 0 atom stereocenters. The second-order valence-corrected chi connectivity index (χ2v) is 4.79. The summed E-state index contributed by atoms with van der Waals surface area (Å²) in [7, 11) is 0. The Morgan fingerprint density at radius 3 is 2.56 bits per heavy atom. The number of halogens is 1. The zero-order valence-corrected chi connectivity index (χ0v) is 12.0. The molecule has 0 fully saturated rings. The third-order valence-corrected chi connectivity index (χ3v) is 3.13. The van der Waals surface area contributed by atoms with Crippen molar-refractivity contribution < 1.29 is 4.79 Å². The van der Waals surface area contributed by atoms with E-state index in [1.165, 1.54) is 0 Å². The van der Waals surface area contributed by atoms with E-state index in [1.807, 2.05) is 6.07 Å². The number of carbonyl (C=O) groups excluding carboxylic acids is 1. The first kappa shape index (κ1) is 15.0. The van der Waals surface area contributed by atoms with Crippen molar-refractivity contribution in [1.82, 2.24) is 10.3 Å². The second-order valence-electron chi connectivity index (χ2n) is 4.41. The van der Waals surface area contributed by atoms with Crippen LogP contribution in [-0.4, -0.2) is 16.9 Å². The summed E-state index contributed by atoms with van der Waals surface area (Å²) in [6, 6.07) is 3.67. The van der Waals surface area contributed by atoms with Crippen LogP contribution in [0.5, 0.6) is 0 Å². The lowest BCUT2D eigenvalue weighted by atomic mass is 10.1. The van der Waals surface area contributed by atoms with Crippen LogP contribution >= 0.6 is 11.6 Å². The van der Waals surface area contributed by atoms with Crippen LogP contribution in [-0.2, 0) is 6.42 Å². The predicted octanol–water partition coefficient (Wildman–Crippen LogP) is 3.61. The van der Waals surface area contributed by atoms with Gasteiger partial charge in [0.2, 0.25) is 0 Å². The molecule has 1 rings (SSSR count). The molecule has 1 N–H and O–H groups in total. The van der Waals surface area contributed by atoms with E-state index in [-0.39, 0.29) is 11.9 Å². The Labute approximate surface area is 114 Å². The molecule has 0 aromatic carbocycles. The highest BCUT2D eigenvalue weighted by Crippen LogP contribution is 2.13. The molecule has 0 saturated carbocycles. The molecule has 1 aromatic heterocycles. The Hall–Kier alpha value is -1.09. The van der Waals surface area contributed by atoms with Gasteiger partial charge in [-0.2, -0.15) is 0 Å². The van der Waals surface area contributed by atoms with Crippen molar-refractivity contribution in [2.24, 2.45) is 0 Å². The monoisotopic (exact) mass is 268 g/mol. The van der Waals surface area contributed by atoms with E-state index < -0.39 is 0 Å². The molecule has 1 amide bonds. The van der Waals surface area contributed by atoms with Gasteiger partial charge in [-0.25, -0.2) is 4.98 Å². The Morgan fingerprint density at radius 1 is 1.33 bits per heavy atom. The van der Waals surface area contributed by atoms with E-state index in [9.17, 15) is 4.79 Å². The summed E-state index contributed by atoms with van der Waals surface area (Å²) in [5.74, 6) is -0.0645. The number of carbonyl (C=O) groups is 1. The minimum Gasteiger partial charge on any atom is -0.349 e. The highest BCUT2D eigenvalue weighted by Gasteiger charge is 2.12. The van der Waals surface area contributed by atoms with Gasteiger partial charge in [-0.05, 0) is 31.4 Å². The van der Waals surface area contributed by atoms with Gasteiger partial charge in [-0.3, -0.25) is 4.79 Å². The van der Waals surface area contributed by atoms with E-state index >= 15 is 0 Å². The molecule has 100 valence electrons. The summed E-state index contributed by atoms with van der Waals surface area (Å²) in [6.07, 6.45) is 3.69. The van der Waals surface area contributed by atoms with Crippen LogP contribution in [0.15, 0.2) is 12.1 Å². The number of nitrogens with one attached hydrogen (secondary N) is 1. The molecule has 0 spiro atoms. The zero-order valence-electron chi connectivity index (χ0n) is 11.3. The number of nitrogens with zero attached hydrogens (tertiary/aromatic N) is 1. The molecule has 18 heavy (non-hydrogen) atoms. The van der Waals surface area contributed by atoms with Crippen LogP contribution in [0.4, 0.5) is 0 Å². The first-order chi connectivity index (χ1) is 8.60. The smallest absolute Gasteiger partial charge is 0.251 e. The molecular formula is C14H21ClN2O. The van der Waals surface area contributed by atoms with Crippen molar-refractivity contribution in [1.29, 1.82) is 0 Å². The van der Waals surface area contributed by atoms with Crippen molar-refractivity contribution in [2.75, 3.05) is 0 Å². The van der Waals surface area contributed by atoms with E-state index in [0.29, 0.717) is 10.7 Å². The first-order valence-corrected chi connectivity index (χ1v) is 6.95. The van der Waals surface area contributed by atoms with Crippen molar-refractivity contribution in [3.05, 3.63) is 28.5 Å². The van der Waals surface area contributed by atoms with Gasteiger partial charge in [-0.1, -0.05) is 38.8 Å². The van der Waals surface area contributed by atoms with Crippen molar-refractivity contribution in [3.8, 4) is 0 Å². The molecule has 0 bridgehead atoms. The maximum absolute atomic E-state index is 12.1. The van der Waals surface area contributed by atoms with E-state index in [4.69, 9.17) is 11.6 Å².